The summed E-state index contributed by atoms with van der Waals surface area (Å²) in [6, 6.07) is 7.81. The third-order valence-corrected chi connectivity index (χ3v) is 2.98. The van der Waals surface area contributed by atoms with Crippen LogP contribution >= 0.6 is 0 Å². The summed E-state index contributed by atoms with van der Waals surface area (Å²) in [7, 11) is 0. The van der Waals surface area contributed by atoms with E-state index in [0.717, 1.165) is 13.1 Å². The Morgan fingerprint density at radius 2 is 1.93 bits per heavy atom. The molecular formula is C12H15NO2. The monoisotopic (exact) mass is 205 g/mol. The summed E-state index contributed by atoms with van der Waals surface area (Å²) in [6.07, 6.45) is 0.656. The van der Waals surface area contributed by atoms with E-state index >= 15 is 0 Å². The lowest BCUT2D eigenvalue weighted by Gasteiger charge is -2.22. The van der Waals surface area contributed by atoms with Crippen molar-refractivity contribution in [2.24, 2.45) is 0 Å². The minimum absolute atomic E-state index is 0.350. The summed E-state index contributed by atoms with van der Waals surface area (Å²) in [4.78, 5) is 13.0. The molecule has 3 heteroatoms. The van der Waals surface area contributed by atoms with Gasteiger partial charge in [-0.1, -0.05) is 31.2 Å². The first kappa shape index (κ1) is 10.2. The van der Waals surface area contributed by atoms with Crippen LogP contribution in [0.15, 0.2) is 24.3 Å². The van der Waals surface area contributed by atoms with Crippen LogP contribution in [-0.4, -0.2) is 22.0 Å². The molecule has 0 aromatic heterocycles. The van der Waals surface area contributed by atoms with Gasteiger partial charge in [-0.25, -0.2) is 0 Å². The summed E-state index contributed by atoms with van der Waals surface area (Å²) >= 11 is 0. The van der Waals surface area contributed by atoms with E-state index in [-0.39, 0.29) is 6.04 Å². The predicted molar refractivity (Wildman–Crippen MR) is 57.4 cm³/mol. The second kappa shape index (κ2) is 4.03. The molecule has 0 amide bonds. The highest BCUT2D eigenvalue weighted by Gasteiger charge is 2.28. The number of benzene rings is 1. The predicted octanol–water partition coefficient (Wildman–Crippen LogP) is 1.87. The first-order chi connectivity index (χ1) is 7.22. The summed E-state index contributed by atoms with van der Waals surface area (Å²) in [5.41, 5.74) is 2.52. The molecular weight excluding hydrogens is 190 g/mol. The Hall–Kier alpha value is -1.35. The van der Waals surface area contributed by atoms with Crippen molar-refractivity contribution < 1.29 is 9.90 Å². The molecule has 1 N–H and O–H groups in total. The number of fused-ring (bicyclic) bond motifs is 1. The molecule has 80 valence electrons. The fourth-order valence-corrected chi connectivity index (χ4v) is 2.17. The second-order valence-electron chi connectivity index (χ2n) is 3.94. The normalized spacial score (nSPS) is 17.4. The molecule has 15 heavy (non-hydrogen) atoms. The molecule has 0 bridgehead atoms. The van der Waals surface area contributed by atoms with Crippen molar-refractivity contribution in [3.05, 3.63) is 35.4 Å². The second-order valence-corrected chi connectivity index (χ2v) is 3.94. The number of nitrogens with zero attached hydrogens (tertiary/aromatic N) is 1. The van der Waals surface area contributed by atoms with Gasteiger partial charge in [0.2, 0.25) is 0 Å². The molecule has 1 aliphatic rings. The highest BCUT2D eigenvalue weighted by molar-refractivity contribution is 5.73. The molecule has 1 aromatic carbocycles. The standard InChI is InChI=1S/C12H15NO2/c1-2-11(12(14)15)13-7-9-5-3-4-6-10(9)8-13/h3-6,11H,2,7-8H2,1H3,(H,14,15)/t11-/m1/s1. The van der Waals surface area contributed by atoms with E-state index < -0.39 is 5.97 Å². The van der Waals surface area contributed by atoms with Gasteiger partial charge in [0.25, 0.3) is 0 Å². The van der Waals surface area contributed by atoms with E-state index in [2.05, 4.69) is 12.1 Å². The smallest absolute Gasteiger partial charge is 0.320 e. The number of carboxylic acid groups (broad SMARTS) is 1. The summed E-state index contributed by atoms with van der Waals surface area (Å²) in [5, 5.41) is 9.07. The molecule has 1 atom stereocenters. The number of carboxylic acids is 1. The topological polar surface area (TPSA) is 40.5 Å². The lowest BCUT2D eigenvalue weighted by Crippen LogP contribution is -2.36. The van der Waals surface area contributed by atoms with Crippen LogP contribution in [0.2, 0.25) is 0 Å². The fraction of sp³-hybridized carbons (Fsp3) is 0.417. The maximum atomic E-state index is 11.0. The van der Waals surface area contributed by atoms with Crippen LogP contribution in [0, 0.1) is 0 Å². The minimum atomic E-state index is -0.717. The SMILES string of the molecule is CC[C@H](C(=O)O)N1Cc2ccccc2C1. The molecule has 0 saturated carbocycles. The van der Waals surface area contributed by atoms with Crippen molar-refractivity contribution in [2.75, 3.05) is 0 Å². The van der Waals surface area contributed by atoms with Crippen LogP contribution < -0.4 is 0 Å². The first-order valence-corrected chi connectivity index (χ1v) is 5.26. The Bertz CT molecular complexity index is 351. The molecule has 0 spiro atoms. The van der Waals surface area contributed by atoms with Gasteiger partial charge in [0.15, 0.2) is 0 Å². The van der Waals surface area contributed by atoms with E-state index in [1.54, 1.807) is 0 Å². The fourth-order valence-electron chi connectivity index (χ4n) is 2.17. The van der Waals surface area contributed by atoms with Gasteiger partial charge in [-0.15, -0.1) is 0 Å². The van der Waals surface area contributed by atoms with Gasteiger partial charge in [0, 0.05) is 13.1 Å². The van der Waals surface area contributed by atoms with Crippen molar-refractivity contribution >= 4 is 5.97 Å². The van der Waals surface area contributed by atoms with E-state index in [9.17, 15) is 4.79 Å². The average molecular weight is 205 g/mol. The largest absolute Gasteiger partial charge is 0.480 e. The van der Waals surface area contributed by atoms with E-state index in [1.807, 2.05) is 24.0 Å². The van der Waals surface area contributed by atoms with Crippen molar-refractivity contribution in [3.63, 3.8) is 0 Å². The number of hydrogen-bond acceptors (Lipinski definition) is 2. The van der Waals surface area contributed by atoms with Gasteiger partial charge in [-0.3, -0.25) is 9.69 Å². The maximum Gasteiger partial charge on any atom is 0.320 e. The highest BCUT2D eigenvalue weighted by atomic mass is 16.4. The van der Waals surface area contributed by atoms with Crippen molar-refractivity contribution in [3.8, 4) is 0 Å². The lowest BCUT2D eigenvalue weighted by molar-refractivity contribution is -0.143. The molecule has 3 nitrogen and oxygen atoms in total. The Morgan fingerprint density at radius 3 is 2.33 bits per heavy atom. The quantitative estimate of drug-likeness (QED) is 0.818. The van der Waals surface area contributed by atoms with Gasteiger partial charge >= 0.3 is 5.97 Å². The van der Waals surface area contributed by atoms with Crippen LogP contribution in [0.3, 0.4) is 0 Å². The molecule has 0 aliphatic carbocycles. The Balaban J connectivity index is 2.15. The van der Waals surface area contributed by atoms with E-state index in [1.165, 1.54) is 11.1 Å². The Morgan fingerprint density at radius 1 is 1.40 bits per heavy atom. The van der Waals surface area contributed by atoms with Gasteiger partial charge in [-0.2, -0.15) is 0 Å². The molecule has 1 aromatic rings. The van der Waals surface area contributed by atoms with Crippen LogP contribution in [0.4, 0.5) is 0 Å². The van der Waals surface area contributed by atoms with E-state index in [0.29, 0.717) is 6.42 Å². The molecule has 1 heterocycles. The van der Waals surface area contributed by atoms with Crippen molar-refractivity contribution in [1.82, 2.24) is 4.90 Å². The lowest BCUT2D eigenvalue weighted by atomic mass is 10.1. The first-order valence-electron chi connectivity index (χ1n) is 5.26. The van der Waals surface area contributed by atoms with Crippen LogP contribution in [0.1, 0.15) is 24.5 Å². The molecule has 2 rings (SSSR count). The Kier molecular flexibility index (Phi) is 2.73. The highest BCUT2D eigenvalue weighted by Crippen LogP contribution is 2.25. The summed E-state index contributed by atoms with van der Waals surface area (Å²) in [6.45, 7) is 3.45. The number of hydrogen-bond donors (Lipinski definition) is 1. The van der Waals surface area contributed by atoms with Crippen molar-refractivity contribution in [1.29, 1.82) is 0 Å². The van der Waals surface area contributed by atoms with Gasteiger partial charge in [0.1, 0.15) is 6.04 Å². The number of aliphatic carboxylic acids is 1. The molecule has 0 unspecified atom stereocenters. The van der Waals surface area contributed by atoms with Crippen molar-refractivity contribution in [2.45, 2.75) is 32.5 Å². The van der Waals surface area contributed by atoms with Crippen LogP contribution in [0.25, 0.3) is 0 Å². The summed E-state index contributed by atoms with van der Waals surface area (Å²) in [5.74, 6) is -0.717. The molecule has 0 radical (unpaired) electrons. The molecule has 0 fully saturated rings. The maximum absolute atomic E-state index is 11.0. The third-order valence-electron chi connectivity index (χ3n) is 2.98. The zero-order chi connectivity index (χ0) is 10.8. The summed E-state index contributed by atoms with van der Waals surface area (Å²) < 4.78 is 0. The van der Waals surface area contributed by atoms with Crippen LogP contribution in [0.5, 0.6) is 0 Å². The number of rotatable bonds is 3. The van der Waals surface area contributed by atoms with Gasteiger partial charge < -0.3 is 5.11 Å². The van der Waals surface area contributed by atoms with Gasteiger partial charge in [-0.05, 0) is 17.5 Å². The minimum Gasteiger partial charge on any atom is -0.480 e. The third kappa shape index (κ3) is 1.88. The molecule has 1 aliphatic heterocycles. The zero-order valence-corrected chi connectivity index (χ0v) is 8.81. The van der Waals surface area contributed by atoms with E-state index in [4.69, 9.17) is 5.11 Å². The van der Waals surface area contributed by atoms with Crippen LogP contribution in [-0.2, 0) is 17.9 Å². The molecule has 0 saturated heterocycles. The number of carbonyl (C=O) groups is 1. The average Bonchev–Trinajstić information content (AvgIpc) is 2.61. The zero-order valence-electron chi connectivity index (χ0n) is 8.81. The Labute approximate surface area is 89.3 Å². The van der Waals surface area contributed by atoms with Gasteiger partial charge in [0.05, 0.1) is 0 Å².